The smallest absolute Gasteiger partial charge is 0.305 e. The summed E-state index contributed by atoms with van der Waals surface area (Å²) in [5.41, 5.74) is 0. The topological polar surface area (TPSA) is 78.9 Å². The minimum Gasteiger partial charge on any atom is -0.463 e. The maximum Gasteiger partial charge on any atom is 0.305 e. The molecule has 1 aromatic rings. The molecule has 0 bridgehead atoms. The van der Waals surface area contributed by atoms with E-state index in [1.54, 1.807) is 18.2 Å². The lowest BCUT2D eigenvalue weighted by atomic mass is 10.1. The van der Waals surface area contributed by atoms with Gasteiger partial charge in [-0.25, -0.2) is 0 Å². The third kappa shape index (κ3) is 10.2. The third-order valence-corrected chi connectivity index (χ3v) is 4.80. The first-order valence-electron chi connectivity index (χ1n) is 8.74. The number of rotatable bonds is 14. The van der Waals surface area contributed by atoms with Crippen LogP contribution in [0, 0.1) is 0 Å². The average Bonchev–Trinajstić information content (AvgIpc) is 2.61. The summed E-state index contributed by atoms with van der Waals surface area (Å²) in [5, 5.41) is 0. The van der Waals surface area contributed by atoms with Crippen molar-refractivity contribution in [3.63, 3.8) is 0 Å². The van der Waals surface area contributed by atoms with Crippen LogP contribution in [-0.2, 0) is 28.6 Å². The largest absolute Gasteiger partial charge is 0.463 e. The molecule has 0 aromatic heterocycles. The van der Waals surface area contributed by atoms with Crippen molar-refractivity contribution in [1.82, 2.24) is 0 Å². The SMILES string of the molecule is CCCCCCCC(=O)OCCOCCOS(=O)(=O)c1ccccc1. The first-order valence-corrected chi connectivity index (χ1v) is 10.1. The number of carbonyl (C=O) groups excluding carboxylic acids is 1. The van der Waals surface area contributed by atoms with E-state index in [1.165, 1.54) is 25.0 Å². The van der Waals surface area contributed by atoms with Gasteiger partial charge in [0.25, 0.3) is 10.1 Å². The number of esters is 1. The minimum absolute atomic E-state index is 0.0808. The quantitative estimate of drug-likeness (QED) is 0.283. The maximum atomic E-state index is 11.8. The van der Waals surface area contributed by atoms with Crippen molar-refractivity contribution in [3.8, 4) is 0 Å². The highest BCUT2D eigenvalue weighted by Gasteiger charge is 2.13. The van der Waals surface area contributed by atoms with E-state index in [0.717, 1.165) is 19.3 Å². The van der Waals surface area contributed by atoms with Crippen LogP contribution in [-0.4, -0.2) is 40.8 Å². The second-order valence-corrected chi connectivity index (χ2v) is 7.20. The first kappa shape index (κ1) is 21.6. The van der Waals surface area contributed by atoms with Crippen LogP contribution in [0.25, 0.3) is 0 Å². The van der Waals surface area contributed by atoms with Gasteiger partial charge < -0.3 is 9.47 Å². The molecule has 0 aliphatic rings. The molecule has 0 radical (unpaired) electrons. The summed E-state index contributed by atoms with van der Waals surface area (Å²) >= 11 is 0. The fourth-order valence-electron chi connectivity index (χ4n) is 2.12. The zero-order chi connectivity index (χ0) is 18.4. The number of hydrogen-bond acceptors (Lipinski definition) is 6. The van der Waals surface area contributed by atoms with E-state index in [1.807, 2.05) is 0 Å². The summed E-state index contributed by atoms with van der Waals surface area (Å²) in [6.07, 6.45) is 5.86. The summed E-state index contributed by atoms with van der Waals surface area (Å²) in [6.45, 7) is 2.56. The Labute approximate surface area is 150 Å². The van der Waals surface area contributed by atoms with Crippen LogP contribution in [0.4, 0.5) is 0 Å². The van der Waals surface area contributed by atoms with Gasteiger partial charge in [0, 0.05) is 6.42 Å². The van der Waals surface area contributed by atoms with Crippen molar-refractivity contribution >= 4 is 16.1 Å². The Bertz CT molecular complexity index is 570. The molecule has 0 N–H and O–H groups in total. The van der Waals surface area contributed by atoms with Crippen molar-refractivity contribution in [2.24, 2.45) is 0 Å². The Hall–Kier alpha value is -1.44. The molecule has 0 saturated heterocycles. The molecule has 0 saturated carbocycles. The van der Waals surface area contributed by atoms with Gasteiger partial charge in [0.15, 0.2) is 0 Å². The number of benzene rings is 1. The molecule has 0 aliphatic carbocycles. The zero-order valence-electron chi connectivity index (χ0n) is 14.8. The van der Waals surface area contributed by atoms with Gasteiger partial charge in [0.05, 0.1) is 24.7 Å². The second-order valence-electron chi connectivity index (χ2n) is 5.59. The van der Waals surface area contributed by atoms with E-state index in [2.05, 4.69) is 6.92 Å². The van der Waals surface area contributed by atoms with Crippen molar-refractivity contribution in [2.45, 2.75) is 50.3 Å². The zero-order valence-corrected chi connectivity index (χ0v) is 15.6. The van der Waals surface area contributed by atoms with Crippen molar-refractivity contribution in [3.05, 3.63) is 30.3 Å². The summed E-state index contributed by atoms with van der Waals surface area (Å²) in [4.78, 5) is 11.6. The Morgan fingerprint density at radius 2 is 1.60 bits per heavy atom. The fourth-order valence-corrected chi connectivity index (χ4v) is 3.03. The molecule has 0 heterocycles. The van der Waals surface area contributed by atoms with Crippen LogP contribution in [0.2, 0.25) is 0 Å². The number of hydrogen-bond donors (Lipinski definition) is 0. The van der Waals surface area contributed by atoms with Gasteiger partial charge in [0.1, 0.15) is 6.61 Å². The predicted molar refractivity (Wildman–Crippen MR) is 94.7 cm³/mol. The third-order valence-electron chi connectivity index (χ3n) is 3.47. The van der Waals surface area contributed by atoms with Gasteiger partial charge >= 0.3 is 5.97 Å². The molecular weight excluding hydrogens is 344 g/mol. The van der Waals surface area contributed by atoms with Crippen LogP contribution >= 0.6 is 0 Å². The second kappa shape index (κ2) is 12.9. The molecule has 25 heavy (non-hydrogen) atoms. The maximum absolute atomic E-state index is 11.8. The molecule has 1 rings (SSSR count). The van der Waals surface area contributed by atoms with Crippen LogP contribution < -0.4 is 0 Å². The molecule has 142 valence electrons. The molecule has 7 heteroatoms. The van der Waals surface area contributed by atoms with Gasteiger partial charge in [-0.15, -0.1) is 0 Å². The van der Waals surface area contributed by atoms with E-state index >= 15 is 0 Å². The van der Waals surface area contributed by atoms with E-state index in [0.29, 0.717) is 6.42 Å². The highest BCUT2D eigenvalue weighted by Crippen LogP contribution is 2.10. The van der Waals surface area contributed by atoms with E-state index in [-0.39, 0.29) is 37.3 Å². The van der Waals surface area contributed by atoms with E-state index < -0.39 is 10.1 Å². The molecule has 0 atom stereocenters. The summed E-state index contributed by atoms with van der Waals surface area (Å²) < 4.78 is 38.8. The molecule has 0 amide bonds. The van der Waals surface area contributed by atoms with Crippen molar-refractivity contribution in [2.75, 3.05) is 26.4 Å². The van der Waals surface area contributed by atoms with Crippen LogP contribution in [0.5, 0.6) is 0 Å². The van der Waals surface area contributed by atoms with Crippen molar-refractivity contribution < 1.29 is 26.9 Å². The molecule has 1 aromatic carbocycles. The molecule has 0 aliphatic heterocycles. The Kier molecular flexibility index (Phi) is 11.1. The number of carbonyl (C=O) groups is 1. The number of ether oxygens (including phenoxy) is 2. The first-order chi connectivity index (χ1) is 12.1. The van der Waals surface area contributed by atoms with Gasteiger partial charge in [-0.1, -0.05) is 50.8 Å². The van der Waals surface area contributed by atoms with Gasteiger partial charge in [-0.2, -0.15) is 8.42 Å². The van der Waals surface area contributed by atoms with E-state index in [4.69, 9.17) is 13.7 Å². The minimum atomic E-state index is -3.75. The lowest BCUT2D eigenvalue weighted by Gasteiger charge is -2.07. The van der Waals surface area contributed by atoms with Crippen LogP contribution in [0.1, 0.15) is 45.4 Å². The standard InChI is InChI=1S/C18H28O6S/c1-2-3-4-5-9-12-18(19)23-15-13-22-14-16-24-25(20,21)17-10-7-6-8-11-17/h6-8,10-11H,2-5,9,12-16H2,1H3. The van der Waals surface area contributed by atoms with Crippen LogP contribution in [0.15, 0.2) is 35.2 Å². The van der Waals surface area contributed by atoms with Crippen LogP contribution in [0.3, 0.4) is 0 Å². The molecule has 0 spiro atoms. The number of unbranched alkanes of at least 4 members (excludes halogenated alkanes) is 4. The molecular formula is C18H28O6S. The summed E-state index contributed by atoms with van der Waals surface area (Å²) in [5.74, 6) is -0.219. The van der Waals surface area contributed by atoms with Crippen molar-refractivity contribution in [1.29, 1.82) is 0 Å². The molecule has 0 fully saturated rings. The lowest BCUT2D eigenvalue weighted by Crippen LogP contribution is -2.15. The van der Waals surface area contributed by atoms with Gasteiger partial charge in [0.2, 0.25) is 0 Å². The van der Waals surface area contributed by atoms with Gasteiger partial charge in [-0.05, 0) is 18.6 Å². The van der Waals surface area contributed by atoms with Gasteiger partial charge in [-0.3, -0.25) is 8.98 Å². The predicted octanol–water partition coefficient (Wildman–Crippen LogP) is 3.31. The molecule has 6 nitrogen and oxygen atoms in total. The lowest BCUT2D eigenvalue weighted by molar-refractivity contribution is -0.145. The fraction of sp³-hybridized carbons (Fsp3) is 0.611. The Morgan fingerprint density at radius 1 is 0.920 bits per heavy atom. The Morgan fingerprint density at radius 3 is 2.32 bits per heavy atom. The summed E-state index contributed by atoms with van der Waals surface area (Å²) in [7, 11) is -3.75. The normalized spacial score (nSPS) is 11.4. The summed E-state index contributed by atoms with van der Waals surface area (Å²) in [6, 6.07) is 7.93. The molecule has 0 unspecified atom stereocenters. The highest BCUT2D eigenvalue weighted by molar-refractivity contribution is 7.86. The van der Waals surface area contributed by atoms with E-state index in [9.17, 15) is 13.2 Å². The highest BCUT2D eigenvalue weighted by atomic mass is 32.2. The Balaban J connectivity index is 2.01. The average molecular weight is 372 g/mol. The monoisotopic (exact) mass is 372 g/mol.